The lowest BCUT2D eigenvalue weighted by atomic mass is 10.0. The van der Waals surface area contributed by atoms with E-state index in [-0.39, 0.29) is 6.04 Å². The van der Waals surface area contributed by atoms with E-state index in [2.05, 4.69) is 34.7 Å². The molecule has 1 N–H and O–H groups in total. The summed E-state index contributed by atoms with van der Waals surface area (Å²) in [5.74, 6) is 0.932. The first-order valence-corrected chi connectivity index (χ1v) is 7.48. The molecule has 114 valence electrons. The molecule has 0 amide bonds. The maximum atomic E-state index is 5.69. The molecule has 2 aromatic rings. The highest BCUT2D eigenvalue weighted by molar-refractivity contribution is 5.29. The molecular weight excluding hydrogens is 264 g/mol. The second kappa shape index (κ2) is 7.78. The summed E-state index contributed by atoms with van der Waals surface area (Å²) in [6.07, 6.45) is 5.01. The van der Waals surface area contributed by atoms with E-state index in [0.29, 0.717) is 0 Å². The van der Waals surface area contributed by atoms with E-state index in [1.807, 2.05) is 32.4 Å². The van der Waals surface area contributed by atoms with Gasteiger partial charge in [0, 0.05) is 25.7 Å². The molecule has 0 saturated carbocycles. The molecule has 1 heterocycles. The summed E-state index contributed by atoms with van der Waals surface area (Å²) in [4.78, 5) is 0. The SMILES string of the molecule is CCCCOc1ccc(C(Cc2cn(C)nn2)NC)cc1. The lowest BCUT2D eigenvalue weighted by molar-refractivity contribution is 0.309. The molecule has 21 heavy (non-hydrogen) atoms. The van der Waals surface area contributed by atoms with Crippen molar-refractivity contribution in [1.82, 2.24) is 20.3 Å². The average molecular weight is 288 g/mol. The highest BCUT2D eigenvalue weighted by atomic mass is 16.5. The fourth-order valence-corrected chi connectivity index (χ4v) is 2.22. The fraction of sp³-hybridized carbons (Fsp3) is 0.500. The Kier molecular flexibility index (Phi) is 5.75. The second-order valence-corrected chi connectivity index (χ2v) is 5.20. The van der Waals surface area contributed by atoms with E-state index < -0.39 is 0 Å². The van der Waals surface area contributed by atoms with Crippen LogP contribution in [0.1, 0.15) is 37.1 Å². The molecule has 0 aliphatic heterocycles. The molecule has 5 heteroatoms. The van der Waals surface area contributed by atoms with Crippen LogP contribution in [0.15, 0.2) is 30.5 Å². The van der Waals surface area contributed by atoms with E-state index in [9.17, 15) is 0 Å². The van der Waals surface area contributed by atoms with Gasteiger partial charge in [-0.15, -0.1) is 5.10 Å². The molecule has 0 fully saturated rings. The number of benzene rings is 1. The van der Waals surface area contributed by atoms with Crippen molar-refractivity contribution in [2.24, 2.45) is 7.05 Å². The zero-order chi connectivity index (χ0) is 15.1. The van der Waals surface area contributed by atoms with Crippen LogP contribution in [0.4, 0.5) is 0 Å². The molecule has 0 aliphatic rings. The maximum absolute atomic E-state index is 5.69. The molecule has 0 spiro atoms. The number of aromatic nitrogens is 3. The molecule has 0 bridgehead atoms. The van der Waals surface area contributed by atoms with Gasteiger partial charge in [0.1, 0.15) is 5.75 Å². The first-order valence-electron chi connectivity index (χ1n) is 7.48. The molecule has 1 unspecified atom stereocenters. The number of hydrogen-bond acceptors (Lipinski definition) is 4. The Hall–Kier alpha value is -1.88. The van der Waals surface area contributed by atoms with E-state index in [1.165, 1.54) is 5.56 Å². The van der Waals surface area contributed by atoms with Crippen molar-refractivity contribution in [2.75, 3.05) is 13.7 Å². The number of nitrogens with one attached hydrogen (secondary N) is 1. The third-order valence-electron chi connectivity index (χ3n) is 3.46. The summed E-state index contributed by atoms with van der Waals surface area (Å²) < 4.78 is 7.42. The minimum atomic E-state index is 0.228. The summed E-state index contributed by atoms with van der Waals surface area (Å²) in [6, 6.07) is 8.52. The van der Waals surface area contributed by atoms with Gasteiger partial charge >= 0.3 is 0 Å². The summed E-state index contributed by atoms with van der Waals surface area (Å²) in [6.45, 7) is 2.95. The zero-order valence-electron chi connectivity index (χ0n) is 13.0. The van der Waals surface area contributed by atoms with Gasteiger partial charge < -0.3 is 10.1 Å². The van der Waals surface area contributed by atoms with Gasteiger partial charge in [0.15, 0.2) is 0 Å². The van der Waals surface area contributed by atoms with E-state index in [4.69, 9.17) is 4.74 Å². The predicted octanol–water partition coefficient (Wildman–Crippen LogP) is 2.50. The number of nitrogens with zero attached hydrogens (tertiary/aromatic N) is 3. The summed E-state index contributed by atoms with van der Waals surface area (Å²) in [7, 11) is 3.85. The van der Waals surface area contributed by atoms with Crippen LogP contribution in [0.3, 0.4) is 0 Å². The van der Waals surface area contributed by atoms with Crippen molar-refractivity contribution in [2.45, 2.75) is 32.2 Å². The zero-order valence-corrected chi connectivity index (χ0v) is 13.0. The summed E-state index contributed by atoms with van der Waals surface area (Å²) in [5.41, 5.74) is 2.21. The normalized spacial score (nSPS) is 12.3. The van der Waals surface area contributed by atoms with Gasteiger partial charge in [-0.3, -0.25) is 4.68 Å². The van der Waals surface area contributed by atoms with Crippen LogP contribution < -0.4 is 10.1 Å². The van der Waals surface area contributed by atoms with Gasteiger partial charge in [0.05, 0.1) is 12.3 Å². The van der Waals surface area contributed by atoms with Crippen molar-refractivity contribution >= 4 is 0 Å². The van der Waals surface area contributed by atoms with Crippen LogP contribution in [0.25, 0.3) is 0 Å². The van der Waals surface area contributed by atoms with Crippen molar-refractivity contribution in [3.8, 4) is 5.75 Å². The third-order valence-corrected chi connectivity index (χ3v) is 3.46. The Morgan fingerprint density at radius 1 is 1.29 bits per heavy atom. The number of aryl methyl sites for hydroxylation is 1. The van der Waals surface area contributed by atoms with Crippen LogP contribution >= 0.6 is 0 Å². The highest BCUT2D eigenvalue weighted by Crippen LogP contribution is 2.20. The van der Waals surface area contributed by atoms with Crippen molar-refractivity contribution in [3.63, 3.8) is 0 Å². The Labute approximate surface area is 126 Å². The first-order chi connectivity index (χ1) is 10.2. The van der Waals surface area contributed by atoms with Crippen LogP contribution in [-0.4, -0.2) is 28.6 Å². The van der Waals surface area contributed by atoms with E-state index >= 15 is 0 Å². The number of ether oxygens (including phenoxy) is 1. The van der Waals surface area contributed by atoms with Gasteiger partial charge in [-0.25, -0.2) is 0 Å². The summed E-state index contributed by atoms with van der Waals surface area (Å²) >= 11 is 0. The molecule has 1 aromatic heterocycles. The topological polar surface area (TPSA) is 52.0 Å². The Balaban J connectivity index is 1.98. The van der Waals surface area contributed by atoms with Crippen molar-refractivity contribution < 1.29 is 4.74 Å². The Bertz CT molecular complexity index is 535. The Morgan fingerprint density at radius 3 is 2.62 bits per heavy atom. The van der Waals surface area contributed by atoms with Crippen LogP contribution in [0, 0.1) is 0 Å². The van der Waals surface area contributed by atoms with Gasteiger partial charge in [-0.2, -0.15) is 0 Å². The number of likely N-dealkylation sites (N-methyl/N-ethyl adjacent to an activating group) is 1. The molecule has 1 aromatic carbocycles. The molecule has 0 radical (unpaired) electrons. The van der Waals surface area contributed by atoms with Crippen LogP contribution in [-0.2, 0) is 13.5 Å². The fourth-order valence-electron chi connectivity index (χ4n) is 2.22. The van der Waals surface area contributed by atoms with Gasteiger partial charge in [0.2, 0.25) is 0 Å². The van der Waals surface area contributed by atoms with E-state index in [1.54, 1.807) is 4.68 Å². The standard InChI is InChI=1S/C16H24N4O/c1-4-5-10-21-15-8-6-13(7-9-15)16(17-2)11-14-12-20(3)19-18-14/h6-9,12,16-17H,4-5,10-11H2,1-3H3. The van der Waals surface area contributed by atoms with Crippen LogP contribution in [0.2, 0.25) is 0 Å². The predicted molar refractivity (Wildman–Crippen MR) is 83.4 cm³/mol. The van der Waals surface area contributed by atoms with Gasteiger partial charge in [-0.05, 0) is 31.2 Å². The maximum Gasteiger partial charge on any atom is 0.119 e. The minimum absolute atomic E-state index is 0.228. The second-order valence-electron chi connectivity index (χ2n) is 5.20. The molecule has 0 saturated heterocycles. The van der Waals surface area contributed by atoms with Gasteiger partial charge in [0.25, 0.3) is 0 Å². The number of unbranched alkanes of at least 4 members (excludes halogenated alkanes) is 1. The molecule has 0 aliphatic carbocycles. The molecule has 1 atom stereocenters. The van der Waals surface area contributed by atoms with E-state index in [0.717, 1.165) is 37.3 Å². The monoisotopic (exact) mass is 288 g/mol. The smallest absolute Gasteiger partial charge is 0.119 e. The first kappa shape index (κ1) is 15.5. The average Bonchev–Trinajstić information content (AvgIpc) is 2.91. The number of rotatable bonds is 8. The molecular formula is C16H24N4O. The van der Waals surface area contributed by atoms with Crippen LogP contribution in [0.5, 0.6) is 5.75 Å². The Morgan fingerprint density at radius 2 is 2.05 bits per heavy atom. The quantitative estimate of drug-likeness (QED) is 0.758. The lowest BCUT2D eigenvalue weighted by Gasteiger charge is -2.16. The molecule has 2 rings (SSSR count). The number of hydrogen-bond donors (Lipinski definition) is 1. The largest absolute Gasteiger partial charge is 0.494 e. The molecule has 5 nitrogen and oxygen atoms in total. The van der Waals surface area contributed by atoms with Gasteiger partial charge in [-0.1, -0.05) is 30.7 Å². The third kappa shape index (κ3) is 4.56. The van der Waals surface area contributed by atoms with Crippen molar-refractivity contribution in [3.05, 3.63) is 41.7 Å². The summed E-state index contributed by atoms with van der Waals surface area (Å²) in [5, 5.41) is 11.4. The lowest BCUT2D eigenvalue weighted by Crippen LogP contribution is -2.19. The highest BCUT2D eigenvalue weighted by Gasteiger charge is 2.12. The minimum Gasteiger partial charge on any atom is -0.494 e. The van der Waals surface area contributed by atoms with Crippen molar-refractivity contribution in [1.29, 1.82) is 0 Å².